The van der Waals surface area contributed by atoms with E-state index in [1.54, 1.807) is 12.1 Å². The molecule has 2 rings (SSSR count). The van der Waals surface area contributed by atoms with Gasteiger partial charge in [-0.1, -0.05) is 36.4 Å². The van der Waals surface area contributed by atoms with Gasteiger partial charge in [0.15, 0.2) is 0 Å². The molecule has 25 heavy (non-hydrogen) atoms. The van der Waals surface area contributed by atoms with Crippen molar-refractivity contribution in [2.45, 2.75) is 0 Å². The van der Waals surface area contributed by atoms with Crippen LogP contribution < -0.4 is 0 Å². The highest BCUT2D eigenvalue weighted by molar-refractivity contribution is 5.84. The van der Waals surface area contributed by atoms with Gasteiger partial charge in [0.1, 0.15) is 0 Å². The lowest BCUT2D eigenvalue weighted by Gasteiger charge is -2.08. The molecular formula is C17H12N2O6. The second kappa shape index (κ2) is 7.64. The highest BCUT2D eigenvalue weighted by atomic mass is 16.6. The predicted molar refractivity (Wildman–Crippen MR) is 90.0 cm³/mol. The maximum Gasteiger partial charge on any atom is 0.328 e. The quantitative estimate of drug-likeness (QED) is 0.371. The summed E-state index contributed by atoms with van der Waals surface area (Å²) in [5.41, 5.74) is 1.01. The number of carboxylic acid groups (broad SMARTS) is 1. The van der Waals surface area contributed by atoms with Gasteiger partial charge < -0.3 is 5.11 Å². The SMILES string of the molecule is O=C(O)/C=C/C=C(c1cccc([N+](=O)[O-])c1)c1cccc([N+](=O)[O-])c1. The van der Waals surface area contributed by atoms with Gasteiger partial charge in [-0.25, -0.2) is 4.79 Å². The summed E-state index contributed by atoms with van der Waals surface area (Å²) in [4.78, 5) is 31.5. The average Bonchev–Trinajstić information content (AvgIpc) is 2.58. The molecule has 0 fully saturated rings. The Kier molecular flexibility index (Phi) is 5.36. The number of nitrogens with zero attached hydrogens (tertiary/aromatic N) is 2. The minimum atomic E-state index is -1.16. The first-order valence-electron chi connectivity index (χ1n) is 6.99. The zero-order valence-electron chi connectivity index (χ0n) is 12.7. The van der Waals surface area contributed by atoms with E-state index in [9.17, 15) is 25.0 Å². The number of allylic oxidation sites excluding steroid dienone is 2. The van der Waals surface area contributed by atoms with Crippen molar-refractivity contribution in [3.05, 3.63) is 98.1 Å². The number of carboxylic acids is 1. The van der Waals surface area contributed by atoms with Gasteiger partial charge in [0, 0.05) is 30.3 Å². The molecule has 0 saturated heterocycles. The van der Waals surface area contributed by atoms with Crippen LogP contribution in [0.1, 0.15) is 11.1 Å². The molecule has 0 spiro atoms. The molecule has 8 heteroatoms. The monoisotopic (exact) mass is 340 g/mol. The first kappa shape index (κ1) is 17.5. The normalized spacial score (nSPS) is 10.4. The molecule has 0 saturated carbocycles. The summed E-state index contributed by atoms with van der Waals surface area (Å²) in [5, 5.41) is 30.6. The Hall–Kier alpha value is -3.81. The van der Waals surface area contributed by atoms with E-state index >= 15 is 0 Å². The Morgan fingerprint density at radius 2 is 1.40 bits per heavy atom. The molecule has 126 valence electrons. The third kappa shape index (κ3) is 4.58. The van der Waals surface area contributed by atoms with E-state index in [-0.39, 0.29) is 11.4 Å². The van der Waals surface area contributed by atoms with E-state index in [0.29, 0.717) is 16.7 Å². The van der Waals surface area contributed by atoms with E-state index < -0.39 is 15.8 Å². The van der Waals surface area contributed by atoms with E-state index in [1.807, 2.05) is 0 Å². The smallest absolute Gasteiger partial charge is 0.328 e. The molecule has 0 aliphatic rings. The Labute approximate surface area is 141 Å². The molecule has 0 amide bonds. The van der Waals surface area contributed by atoms with Crippen molar-refractivity contribution in [1.29, 1.82) is 0 Å². The molecule has 0 aliphatic heterocycles. The van der Waals surface area contributed by atoms with Crippen LogP contribution in [0.5, 0.6) is 0 Å². The minimum absolute atomic E-state index is 0.143. The number of rotatable bonds is 6. The lowest BCUT2D eigenvalue weighted by Crippen LogP contribution is -1.94. The van der Waals surface area contributed by atoms with Crippen molar-refractivity contribution in [1.82, 2.24) is 0 Å². The molecule has 2 aromatic carbocycles. The second-order valence-electron chi connectivity index (χ2n) is 4.89. The maximum absolute atomic E-state index is 11.0. The van der Waals surface area contributed by atoms with E-state index in [2.05, 4.69) is 0 Å². The molecule has 1 N–H and O–H groups in total. The molecule has 2 aromatic rings. The van der Waals surface area contributed by atoms with Gasteiger partial charge in [0.2, 0.25) is 0 Å². The number of carbonyl (C=O) groups is 1. The standard InChI is InChI=1S/C17H12N2O6/c20-17(21)9-3-8-16(12-4-1-6-14(10-12)18(22)23)13-5-2-7-15(11-13)19(24)25/h1-11H,(H,20,21)/b9-3+. The predicted octanol–water partition coefficient (Wildman–Crippen LogP) is 3.58. The second-order valence-corrected chi connectivity index (χ2v) is 4.89. The Morgan fingerprint density at radius 1 is 0.920 bits per heavy atom. The maximum atomic E-state index is 11.0. The topological polar surface area (TPSA) is 124 Å². The zero-order valence-corrected chi connectivity index (χ0v) is 12.7. The summed E-state index contributed by atoms with van der Waals surface area (Å²) in [6, 6.07) is 11.5. The van der Waals surface area contributed by atoms with Crippen LogP contribution >= 0.6 is 0 Å². The van der Waals surface area contributed by atoms with Crippen LogP contribution in [0.15, 0.2) is 66.8 Å². The van der Waals surface area contributed by atoms with Crippen molar-refractivity contribution in [3.8, 4) is 0 Å². The van der Waals surface area contributed by atoms with Crippen LogP contribution in [0.2, 0.25) is 0 Å². The summed E-state index contributed by atoms with van der Waals surface area (Å²) in [5.74, 6) is -1.16. The van der Waals surface area contributed by atoms with E-state index in [0.717, 1.165) is 6.08 Å². The number of benzene rings is 2. The van der Waals surface area contributed by atoms with Crippen LogP contribution in [0.25, 0.3) is 5.57 Å². The summed E-state index contributed by atoms with van der Waals surface area (Å²) in [7, 11) is 0. The van der Waals surface area contributed by atoms with Gasteiger partial charge in [-0.15, -0.1) is 0 Å². The molecule has 0 aromatic heterocycles. The molecule has 8 nitrogen and oxygen atoms in total. The largest absolute Gasteiger partial charge is 0.478 e. The summed E-state index contributed by atoms with van der Waals surface area (Å²) in [6.07, 6.45) is 3.59. The Morgan fingerprint density at radius 3 is 1.80 bits per heavy atom. The molecule has 0 unspecified atom stereocenters. The van der Waals surface area contributed by atoms with Gasteiger partial charge in [-0.3, -0.25) is 20.2 Å². The van der Waals surface area contributed by atoms with E-state index in [1.165, 1.54) is 48.6 Å². The van der Waals surface area contributed by atoms with Gasteiger partial charge >= 0.3 is 5.97 Å². The van der Waals surface area contributed by atoms with Gasteiger partial charge in [0.05, 0.1) is 9.85 Å². The van der Waals surface area contributed by atoms with Crippen LogP contribution in [0.4, 0.5) is 11.4 Å². The van der Waals surface area contributed by atoms with Crippen molar-refractivity contribution >= 4 is 22.9 Å². The van der Waals surface area contributed by atoms with Gasteiger partial charge in [-0.05, 0) is 16.7 Å². The fourth-order valence-electron chi connectivity index (χ4n) is 2.16. The fourth-order valence-corrected chi connectivity index (χ4v) is 2.16. The van der Waals surface area contributed by atoms with Crippen molar-refractivity contribution < 1.29 is 19.7 Å². The number of aliphatic carboxylic acids is 1. The number of nitro groups is 2. The molecule has 0 bridgehead atoms. The molecular weight excluding hydrogens is 328 g/mol. The zero-order chi connectivity index (χ0) is 18.4. The first-order valence-corrected chi connectivity index (χ1v) is 6.99. The van der Waals surface area contributed by atoms with Gasteiger partial charge in [-0.2, -0.15) is 0 Å². The Bertz CT molecular complexity index is 842. The number of hydrogen-bond donors (Lipinski definition) is 1. The summed E-state index contributed by atoms with van der Waals surface area (Å²) < 4.78 is 0. The van der Waals surface area contributed by atoms with Crippen molar-refractivity contribution in [3.63, 3.8) is 0 Å². The number of hydrogen-bond acceptors (Lipinski definition) is 5. The number of nitro benzene ring substituents is 2. The van der Waals surface area contributed by atoms with Crippen LogP contribution in [-0.4, -0.2) is 20.9 Å². The van der Waals surface area contributed by atoms with Gasteiger partial charge in [0.25, 0.3) is 11.4 Å². The summed E-state index contributed by atoms with van der Waals surface area (Å²) in [6.45, 7) is 0. The fraction of sp³-hybridized carbons (Fsp3) is 0. The third-order valence-corrected chi connectivity index (χ3v) is 3.24. The molecule has 0 heterocycles. The molecule has 0 radical (unpaired) electrons. The molecule has 0 atom stereocenters. The lowest BCUT2D eigenvalue weighted by atomic mass is 9.96. The lowest BCUT2D eigenvalue weighted by molar-refractivity contribution is -0.385. The third-order valence-electron chi connectivity index (χ3n) is 3.24. The van der Waals surface area contributed by atoms with Crippen molar-refractivity contribution in [2.75, 3.05) is 0 Å². The van der Waals surface area contributed by atoms with Crippen LogP contribution in [0.3, 0.4) is 0 Å². The molecule has 0 aliphatic carbocycles. The Balaban J connectivity index is 2.60. The highest BCUT2D eigenvalue weighted by Crippen LogP contribution is 2.28. The minimum Gasteiger partial charge on any atom is -0.478 e. The van der Waals surface area contributed by atoms with E-state index in [4.69, 9.17) is 5.11 Å². The van der Waals surface area contributed by atoms with Crippen LogP contribution in [0, 0.1) is 20.2 Å². The first-order chi connectivity index (χ1) is 11.9. The number of non-ortho nitro benzene ring substituents is 2. The average molecular weight is 340 g/mol. The highest BCUT2D eigenvalue weighted by Gasteiger charge is 2.13. The summed E-state index contributed by atoms with van der Waals surface area (Å²) >= 11 is 0. The van der Waals surface area contributed by atoms with Crippen molar-refractivity contribution in [2.24, 2.45) is 0 Å². The van der Waals surface area contributed by atoms with Crippen LogP contribution in [-0.2, 0) is 4.79 Å².